The van der Waals surface area contributed by atoms with E-state index in [2.05, 4.69) is 49.5 Å². The maximum Gasteiger partial charge on any atom is 0.280 e. The molecule has 3 rings (SSSR count). The number of carbonyl (C=O) groups is 1. The lowest BCUT2D eigenvalue weighted by Crippen LogP contribution is -2.38. The van der Waals surface area contributed by atoms with Crippen LogP contribution in [0.25, 0.3) is 10.6 Å². The summed E-state index contributed by atoms with van der Waals surface area (Å²) in [5.41, 5.74) is 19.1. The van der Waals surface area contributed by atoms with E-state index in [-0.39, 0.29) is 35.0 Å². The van der Waals surface area contributed by atoms with Gasteiger partial charge in [-0.1, -0.05) is 35.9 Å². The Kier molecular flexibility index (Phi) is 9.14. The van der Waals surface area contributed by atoms with Gasteiger partial charge >= 0.3 is 0 Å². The van der Waals surface area contributed by atoms with Gasteiger partial charge in [0.05, 0.1) is 0 Å². The summed E-state index contributed by atoms with van der Waals surface area (Å²) in [5, 5.41) is 12.2. The number of aliphatic imine (C=N–C) groups is 1. The number of benzene rings is 1. The Morgan fingerprint density at radius 3 is 2.59 bits per heavy atom. The first kappa shape index (κ1) is 25.3. The average Bonchev–Trinajstić information content (AvgIpc) is 3.29. The third-order valence-electron chi connectivity index (χ3n) is 4.85. The van der Waals surface area contributed by atoms with Gasteiger partial charge in [0.15, 0.2) is 28.4 Å². The molecule has 2 heterocycles. The zero-order chi connectivity index (χ0) is 24.5. The van der Waals surface area contributed by atoms with E-state index in [1.165, 1.54) is 10.4 Å². The van der Waals surface area contributed by atoms with Gasteiger partial charge in [0.25, 0.3) is 5.91 Å². The van der Waals surface area contributed by atoms with Crippen LogP contribution in [0.1, 0.15) is 40.2 Å². The number of aryl methyl sites for hydroxylation is 2. The Morgan fingerprint density at radius 2 is 1.85 bits per heavy atom. The Hall–Kier alpha value is -3.28. The third kappa shape index (κ3) is 7.11. The molecular formula is C22H27ClN8O2S. The second-order valence-electron chi connectivity index (χ2n) is 7.47. The number of unbranched alkanes of at least 4 members (excludes halogenated alkanes) is 1. The Labute approximate surface area is 206 Å². The summed E-state index contributed by atoms with van der Waals surface area (Å²) < 4.78 is 0. The zero-order valence-electron chi connectivity index (χ0n) is 18.5. The number of anilines is 2. The van der Waals surface area contributed by atoms with E-state index in [4.69, 9.17) is 33.9 Å². The molecule has 0 radical (unpaired) electrons. The molecule has 2 aromatic heterocycles. The predicted molar refractivity (Wildman–Crippen MR) is 136 cm³/mol. The summed E-state index contributed by atoms with van der Waals surface area (Å²) in [7, 11) is 0. The minimum absolute atomic E-state index is 0.0368. The molecule has 10 nitrogen and oxygen atoms in total. The molecule has 1 amide bonds. The van der Waals surface area contributed by atoms with Crippen LogP contribution in [0.15, 0.2) is 35.5 Å². The lowest BCUT2D eigenvalue weighted by Gasteiger charge is -2.07. The molecule has 1 aromatic carbocycles. The van der Waals surface area contributed by atoms with Crippen LogP contribution in [0.4, 0.5) is 11.6 Å². The lowest BCUT2D eigenvalue weighted by molar-refractivity contribution is 0.0972. The number of rotatable bonds is 10. The molecule has 3 aromatic rings. The second kappa shape index (κ2) is 12.3. The minimum Gasteiger partial charge on any atom is -0.396 e. The van der Waals surface area contributed by atoms with Crippen molar-refractivity contribution in [2.75, 3.05) is 24.6 Å². The molecule has 0 fully saturated rings. The van der Waals surface area contributed by atoms with Crippen LogP contribution < -0.4 is 22.5 Å². The fourth-order valence-corrected chi connectivity index (χ4v) is 4.17. The number of aliphatic hydroxyl groups is 1. The zero-order valence-corrected chi connectivity index (χ0v) is 20.1. The Bertz CT molecular complexity index is 1150. The molecule has 0 saturated heterocycles. The molecule has 0 spiro atoms. The molecule has 0 saturated carbocycles. The molecule has 8 N–H and O–H groups in total. The smallest absolute Gasteiger partial charge is 0.280 e. The number of carbonyl (C=O) groups excluding carboxylic acids is 1. The normalized spacial score (nSPS) is 11.5. The van der Waals surface area contributed by atoms with Gasteiger partial charge in [-0.05, 0) is 37.7 Å². The minimum atomic E-state index is -0.658. The standard InChI is InChI=1S/C22H27ClN8O2S/c23-17-19(25)30-18(24)16(29-17)20(33)31-22(26)27-10-2-1-4-13-6-8-14(9-7-13)21-28-12-15(34-21)5-3-11-32/h6-9,12,32H,1-5,10-11H2,(H4,24,25,30)(H3,26,27,31,33). The van der Waals surface area contributed by atoms with Gasteiger partial charge in [0, 0.05) is 29.8 Å². The number of thiazole rings is 1. The van der Waals surface area contributed by atoms with Gasteiger partial charge in [-0.3, -0.25) is 15.1 Å². The van der Waals surface area contributed by atoms with E-state index in [0.717, 1.165) is 42.7 Å². The van der Waals surface area contributed by atoms with E-state index in [1.807, 2.05) is 6.20 Å². The number of nitrogen functional groups attached to an aromatic ring is 2. The molecule has 180 valence electrons. The highest BCUT2D eigenvalue weighted by atomic mass is 35.5. The van der Waals surface area contributed by atoms with Gasteiger partial charge in [-0.2, -0.15) is 0 Å². The first-order valence-corrected chi connectivity index (χ1v) is 11.9. The van der Waals surface area contributed by atoms with E-state index in [1.54, 1.807) is 11.3 Å². The van der Waals surface area contributed by atoms with Gasteiger partial charge in [-0.25, -0.2) is 15.0 Å². The highest BCUT2D eigenvalue weighted by molar-refractivity contribution is 7.15. The van der Waals surface area contributed by atoms with Crippen molar-refractivity contribution in [3.8, 4) is 10.6 Å². The summed E-state index contributed by atoms with van der Waals surface area (Å²) in [4.78, 5) is 29.6. The molecule has 0 bridgehead atoms. The number of hydrogen-bond donors (Lipinski definition) is 5. The van der Waals surface area contributed by atoms with Crippen LogP contribution in [0.5, 0.6) is 0 Å². The van der Waals surface area contributed by atoms with Crippen molar-refractivity contribution in [2.45, 2.75) is 32.1 Å². The number of guanidine groups is 1. The number of nitrogens with two attached hydrogens (primary N) is 3. The van der Waals surface area contributed by atoms with Crippen molar-refractivity contribution in [1.29, 1.82) is 0 Å². The van der Waals surface area contributed by atoms with Crippen LogP contribution in [-0.2, 0) is 12.8 Å². The van der Waals surface area contributed by atoms with Gasteiger partial charge < -0.3 is 22.3 Å². The van der Waals surface area contributed by atoms with Crippen LogP contribution >= 0.6 is 22.9 Å². The summed E-state index contributed by atoms with van der Waals surface area (Å²) in [5.74, 6) is -0.895. The van der Waals surface area contributed by atoms with Gasteiger partial charge in [0.2, 0.25) is 0 Å². The Morgan fingerprint density at radius 1 is 1.09 bits per heavy atom. The quantitative estimate of drug-likeness (QED) is 0.159. The van der Waals surface area contributed by atoms with Crippen LogP contribution in [0.3, 0.4) is 0 Å². The molecule has 12 heteroatoms. The van der Waals surface area contributed by atoms with Crippen molar-refractivity contribution in [3.63, 3.8) is 0 Å². The highest BCUT2D eigenvalue weighted by Crippen LogP contribution is 2.26. The molecular weight excluding hydrogens is 476 g/mol. The van der Waals surface area contributed by atoms with E-state index >= 15 is 0 Å². The van der Waals surface area contributed by atoms with Gasteiger partial charge in [-0.15, -0.1) is 11.3 Å². The monoisotopic (exact) mass is 502 g/mol. The summed E-state index contributed by atoms with van der Waals surface area (Å²) in [6.45, 7) is 0.654. The first-order chi connectivity index (χ1) is 16.4. The van der Waals surface area contributed by atoms with Crippen LogP contribution in [0, 0.1) is 0 Å². The summed E-state index contributed by atoms with van der Waals surface area (Å²) >= 11 is 7.45. The number of amides is 1. The lowest BCUT2D eigenvalue weighted by atomic mass is 10.1. The fraction of sp³-hybridized carbons (Fsp3) is 0.318. The number of hydrogen-bond acceptors (Lipinski definition) is 9. The molecule has 0 atom stereocenters. The number of nitrogens with zero attached hydrogens (tertiary/aromatic N) is 4. The summed E-state index contributed by atoms with van der Waals surface area (Å²) in [6.07, 6.45) is 6.10. The maximum atomic E-state index is 12.2. The topological polar surface area (TPSA) is 178 Å². The van der Waals surface area contributed by atoms with Crippen molar-refractivity contribution >= 4 is 46.4 Å². The van der Waals surface area contributed by atoms with Crippen molar-refractivity contribution in [1.82, 2.24) is 20.3 Å². The van der Waals surface area contributed by atoms with Crippen LogP contribution in [0.2, 0.25) is 5.15 Å². The summed E-state index contributed by atoms with van der Waals surface area (Å²) in [6, 6.07) is 8.36. The van der Waals surface area contributed by atoms with Crippen molar-refractivity contribution in [2.24, 2.45) is 10.7 Å². The SMILES string of the molecule is NC(=NCCCCc1ccc(-c2ncc(CCCO)s2)cc1)NC(=O)c1nc(Cl)c(N)nc1N. The number of aliphatic hydroxyl groups excluding tert-OH is 1. The van der Waals surface area contributed by atoms with E-state index < -0.39 is 5.91 Å². The fourth-order valence-electron chi connectivity index (χ4n) is 3.09. The molecule has 0 aliphatic heterocycles. The first-order valence-electron chi connectivity index (χ1n) is 10.7. The number of halogens is 1. The van der Waals surface area contributed by atoms with E-state index in [9.17, 15) is 4.79 Å². The molecule has 0 aliphatic rings. The van der Waals surface area contributed by atoms with Crippen molar-refractivity contribution in [3.05, 3.63) is 51.7 Å². The molecule has 0 unspecified atom stereocenters. The predicted octanol–water partition coefficient (Wildman–Crippen LogP) is 2.41. The van der Waals surface area contributed by atoms with Crippen molar-refractivity contribution < 1.29 is 9.90 Å². The number of nitrogens with one attached hydrogen (secondary N) is 1. The maximum absolute atomic E-state index is 12.2. The van der Waals surface area contributed by atoms with E-state index in [0.29, 0.717) is 6.54 Å². The average molecular weight is 503 g/mol. The largest absolute Gasteiger partial charge is 0.396 e. The molecule has 34 heavy (non-hydrogen) atoms. The van der Waals surface area contributed by atoms with Gasteiger partial charge in [0.1, 0.15) is 5.01 Å². The van der Waals surface area contributed by atoms with Crippen LogP contribution in [-0.4, -0.2) is 45.1 Å². The number of aromatic nitrogens is 3. The Balaban J connectivity index is 1.42. The molecule has 0 aliphatic carbocycles. The second-order valence-corrected chi connectivity index (χ2v) is 8.94. The third-order valence-corrected chi connectivity index (χ3v) is 6.24. The highest BCUT2D eigenvalue weighted by Gasteiger charge is 2.16.